The van der Waals surface area contributed by atoms with Gasteiger partial charge in [-0.15, -0.1) is 45.3 Å². The summed E-state index contributed by atoms with van der Waals surface area (Å²) < 4.78 is 27.1. The molecule has 6 heterocycles. The third-order valence-electron chi connectivity index (χ3n) is 14.1. The summed E-state index contributed by atoms with van der Waals surface area (Å²) in [5, 5.41) is 19.0. The Labute approximate surface area is 420 Å². The first-order valence-electron chi connectivity index (χ1n) is 23.1. The molecule has 0 radical (unpaired) electrons. The predicted molar refractivity (Wildman–Crippen MR) is 285 cm³/mol. The van der Waals surface area contributed by atoms with E-state index in [4.69, 9.17) is 18.9 Å². The fraction of sp³-hybridized carbons (Fsp3) is 0.172. The van der Waals surface area contributed by atoms with Gasteiger partial charge in [-0.05, 0) is 105 Å². The zero-order valence-corrected chi connectivity index (χ0v) is 41.7. The van der Waals surface area contributed by atoms with Gasteiger partial charge in [0, 0.05) is 37.3 Å². The first-order chi connectivity index (χ1) is 34.0. The molecular formula is C58H42N2O6S4. The van der Waals surface area contributed by atoms with Gasteiger partial charge in [0.2, 0.25) is 0 Å². The Hall–Kier alpha value is -7.14. The van der Waals surface area contributed by atoms with Crippen LogP contribution in [0.1, 0.15) is 54.8 Å². The minimum Gasteiger partial charge on any atom is -0.485 e. The third-order valence-corrected chi connectivity index (χ3v) is 19.1. The zero-order chi connectivity index (χ0) is 47.6. The van der Waals surface area contributed by atoms with E-state index >= 15 is 0 Å². The Kier molecular flexibility index (Phi) is 9.78. The van der Waals surface area contributed by atoms with Gasteiger partial charge in [0.05, 0.1) is 29.3 Å². The quantitative estimate of drug-likeness (QED) is 0.119. The molecule has 0 saturated heterocycles. The molecule has 70 heavy (non-hydrogen) atoms. The molecule has 0 atom stereocenters. The summed E-state index contributed by atoms with van der Waals surface area (Å²) in [6.45, 7) is 11.0. The van der Waals surface area contributed by atoms with E-state index in [1.165, 1.54) is 61.9 Å². The second kappa shape index (κ2) is 15.9. The Morgan fingerprint density at radius 2 is 1.01 bits per heavy atom. The third kappa shape index (κ3) is 6.52. The number of carboxylic acids is 1. The molecule has 8 nitrogen and oxygen atoms in total. The van der Waals surface area contributed by atoms with Gasteiger partial charge in [-0.3, -0.25) is 0 Å². The van der Waals surface area contributed by atoms with Crippen LogP contribution in [0.5, 0.6) is 23.0 Å². The van der Waals surface area contributed by atoms with Gasteiger partial charge in [-0.1, -0.05) is 100 Å². The number of nitrogens with zero attached hydrogens (tertiary/aromatic N) is 2. The topological polar surface area (TPSA) is 101 Å². The molecule has 9 aromatic rings. The van der Waals surface area contributed by atoms with Crippen molar-refractivity contribution in [2.75, 3.05) is 31.3 Å². The van der Waals surface area contributed by atoms with Gasteiger partial charge in [-0.25, -0.2) is 4.79 Å². The van der Waals surface area contributed by atoms with E-state index in [0.29, 0.717) is 42.8 Å². The Bertz CT molecular complexity index is 3610. The normalized spacial score (nSPS) is 15.5. The van der Waals surface area contributed by atoms with Gasteiger partial charge in [0.1, 0.15) is 38.1 Å². The van der Waals surface area contributed by atoms with Gasteiger partial charge in [-0.2, -0.15) is 5.26 Å². The molecule has 2 aliphatic carbocycles. The van der Waals surface area contributed by atoms with Gasteiger partial charge >= 0.3 is 5.97 Å². The molecular weight excluding hydrogens is 949 g/mol. The lowest BCUT2D eigenvalue weighted by atomic mass is 9.82. The number of hydrogen-bond acceptors (Lipinski definition) is 11. The smallest absolute Gasteiger partial charge is 0.346 e. The lowest BCUT2D eigenvalue weighted by Crippen LogP contribution is -2.18. The number of rotatable bonds is 8. The molecule has 12 heteroatoms. The van der Waals surface area contributed by atoms with E-state index in [1.807, 2.05) is 0 Å². The highest BCUT2D eigenvalue weighted by Crippen LogP contribution is 2.59. The fourth-order valence-electron chi connectivity index (χ4n) is 10.7. The van der Waals surface area contributed by atoms with E-state index in [1.54, 1.807) is 40.1 Å². The number of aliphatic carboxylic acids is 1. The Morgan fingerprint density at radius 3 is 1.54 bits per heavy atom. The van der Waals surface area contributed by atoms with Crippen LogP contribution in [0.15, 0.2) is 127 Å². The minimum absolute atomic E-state index is 0.151. The summed E-state index contributed by atoms with van der Waals surface area (Å²) >= 11 is 6.40. The fourth-order valence-corrected chi connectivity index (χ4v) is 15.7. The van der Waals surface area contributed by atoms with Gasteiger partial charge in [0.25, 0.3) is 0 Å². The van der Waals surface area contributed by atoms with E-state index in [0.717, 1.165) is 67.9 Å². The zero-order valence-electron chi connectivity index (χ0n) is 38.5. The van der Waals surface area contributed by atoms with Gasteiger partial charge in [0.15, 0.2) is 23.0 Å². The van der Waals surface area contributed by atoms with Crippen LogP contribution in [0.3, 0.4) is 0 Å². The molecule has 0 fully saturated rings. The predicted octanol–water partition coefficient (Wildman–Crippen LogP) is 15.7. The van der Waals surface area contributed by atoms with Gasteiger partial charge < -0.3 is 29.0 Å². The molecule has 0 amide bonds. The largest absolute Gasteiger partial charge is 0.485 e. The molecule has 0 bridgehead atoms. The van der Waals surface area contributed by atoms with Crippen LogP contribution >= 0.6 is 45.3 Å². The lowest BCUT2D eigenvalue weighted by Gasteiger charge is -2.30. The Morgan fingerprint density at radius 1 is 0.557 bits per heavy atom. The van der Waals surface area contributed by atoms with E-state index in [2.05, 4.69) is 154 Å². The number of benzene rings is 5. The van der Waals surface area contributed by atoms with Crippen LogP contribution in [-0.4, -0.2) is 37.5 Å². The Balaban J connectivity index is 0.872. The molecule has 0 saturated carbocycles. The number of ether oxygens (including phenoxy) is 4. The average molecular weight is 991 g/mol. The van der Waals surface area contributed by atoms with E-state index in [-0.39, 0.29) is 16.4 Å². The molecule has 4 aromatic heterocycles. The van der Waals surface area contributed by atoms with Crippen LogP contribution < -0.4 is 23.8 Å². The highest BCUT2D eigenvalue weighted by Gasteiger charge is 2.38. The van der Waals surface area contributed by atoms with Crippen LogP contribution in [0.2, 0.25) is 0 Å². The highest BCUT2D eigenvalue weighted by atomic mass is 32.1. The first-order valence-corrected chi connectivity index (χ1v) is 26.4. The SMILES string of the molecule is CC1(C)c2ccccc2-c2ccc(N(c3ccc(-c4sc(-c5cc6sc(-c7sc(/C=C(/C#N)C(=O)O)c8c7OCCO8)cc6s5)c5c4OCCO5)cc3)c3ccc4c(c3)C(C)(C)c3ccccc3-4)cc21. The molecule has 13 rings (SSSR count). The molecule has 0 spiro atoms. The first kappa shape index (κ1) is 42.9. The van der Waals surface area contributed by atoms with Crippen molar-refractivity contribution in [1.82, 2.24) is 0 Å². The van der Waals surface area contributed by atoms with Crippen molar-refractivity contribution >= 4 is 83.9 Å². The van der Waals surface area contributed by atoms with Crippen LogP contribution in [0, 0.1) is 11.3 Å². The van der Waals surface area contributed by atoms with Crippen molar-refractivity contribution in [2.24, 2.45) is 0 Å². The van der Waals surface area contributed by atoms with Crippen LogP contribution in [0.25, 0.3) is 67.7 Å². The maximum Gasteiger partial charge on any atom is 0.346 e. The molecule has 4 aliphatic rings. The standard InChI is InChI=1S/C58H42N2O6S4/c1-57(2)40-11-7-5-9-36(40)38-19-17-34(26-42(38)57)60(35-18-20-39-37-10-6-8-12-41(37)58(3,4)43(39)27-35)33-15-13-31(14-16-33)53-51-52(66-24-23-65-51)55(70-53)48-29-45-44(68-48)28-47(67-45)54-50-49(63-21-22-64-50)46(69-54)25-32(30-59)56(61)62/h5-20,25-29H,21-24H2,1-4H3,(H,61,62)/b32-25-. The summed E-state index contributed by atoms with van der Waals surface area (Å²) in [6, 6.07) is 46.6. The monoisotopic (exact) mass is 990 g/mol. The summed E-state index contributed by atoms with van der Waals surface area (Å²) in [7, 11) is 0. The number of carbonyl (C=O) groups is 1. The minimum atomic E-state index is -1.28. The van der Waals surface area contributed by atoms with Crippen LogP contribution in [-0.2, 0) is 15.6 Å². The number of nitriles is 1. The van der Waals surface area contributed by atoms with Crippen molar-refractivity contribution < 1.29 is 28.8 Å². The number of hydrogen-bond donors (Lipinski definition) is 1. The van der Waals surface area contributed by atoms with Crippen molar-refractivity contribution in [3.05, 3.63) is 154 Å². The van der Waals surface area contributed by atoms with E-state index < -0.39 is 5.97 Å². The highest BCUT2D eigenvalue weighted by molar-refractivity contribution is 7.34. The number of fused-ring (bicyclic) bond motifs is 9. The number of thiophene rings is 4. The van der Waals surface area contributed by atoms with Crippen molar-refractivity contribution in [1.29, 1.82) is 5.26 Å². The number of anilines is 3. The summed E-state index contributed by atoms with van der Waals surface area (Å²) in [5.41, 5.74) is 14.2. The molecule has 2 aliphatic heterocycles. The maximum atomic E-state index is 11.7. The lowest BCUT2D eigenvalue weighted by molar-refractivity contribution is -0.132. The molecule has 344 valence electrons. The van der Waals surface area contributed by atoms with E-state index in [9.17, 15) is 15.2 Å². The second-order valence-electron chi connectivity index (χ2n) is 18.9. The summed E-state index contributed by atoms with van der Waals surface area (Å²) in [5.74, 6) is 1.32. The molecule has 0 unspecified atom stereocenters. The molecule has 5 aromatic carbocycles. The maximum absolute atomic E-state index is 11.7. The van der Waals surface area contributed by atoms with Crippen molar-refractivity contribution in [2.45, 2.75) is 38.5 Å². The molecule has 1 N–H and O–H groups in total. The average Bonchev–Trinajstić information content (AvgIpc) is 4.22. The number of carboxylic acid groups (broad SMARTS) is 1. The van der Waals surface area contributed by atoms with Crippen molar-refractivity contribution in [3.8, 4) is 81.3 Å². The summed E-state index contributed by atoms with van der Waals surface area (Å²) in [4.78, 5) is 19.6. The van der Waals surface area contributed by atoms with Crippen molar-refractivity contribution in [3.63, 3.8) is 0 Å². The summed E-state index contributed by atoms with van der Waals surface area (Å²) in [6.07, 6.45) is 1.36. The second-order valence-corrected chi connectivity index (χ2v) is 23.1. The van der Waals surface area contributed by atoms with Crippen LogP contribution in [0.4, 0.5) is 17.1 Å².